The molecule has 1 aliphatic heterocycles. The number of fused-ring (bicyclic) bond motifs is 1. The summed E-state index contributed by atoms with van der Waals surface area (Å²) in [6, 6.07) is 17.1. The van der Waals surface area contributed by atoms with Gasteiger partial charge in [-0.05, 0) is 54.3 Å². The van der Waals surface area contributed by atoms with Gasteiger partial charge in [0.05, 0.1) is 16.8 Å². The highest BCUT2D eigenvalue weighted by molar-refractivity contribution is 6.33. The molecule has 3 aromatic carbocycles. The molecule has 35 heavy (non-hydrogen) atoms. The van der Waals surface area contributed by atoms with Gasteiger partial charge in [0.25, 0.3) is 0 Å². The SMILES string of the molecule is CC(=O)Oc1ccc(C2(c3ccc(OC(C)=O)cc3)C(=O)Nc3c2ccc(Cl)c3OC2CC2)cc1. The van der Waals surface area contributed by atoms with Crippen LogP contribution in [0, 0.1) is 0 Å². The second kappa shape index (κ2) is 8.74. The molecule has 1 heterocycles. The summed E-state index contributed by atoms with van der Waals surface area (Å²) in [5.74, 6) is 0.0389. The summed E-state index contributed by atoms with van der Waals surface area (Å²) in [6.45, 7) is 2.65. The van der Waals surface area contributed by atoms with Crippen LogP contribution in [0.15, 0.2) is 60.7 Å². The highest BCUT2D eigenvalue weighted by Gasteiger charge is 2.51. The van der Waals surface area contributed by atoms with Gasteiger partial charge in [-0.25, -0.2) is 0 Å². The van der Waals surface area contributed by atoms with Crippen LogP contribution in [-0.4, -0.2) is 23.9 Å². The van der Waals surface area contributed by atoms with Crippen molar-refractivity contribution in [1.29, 1.82) is 0 Å². The highest BCUT2D eigenvalue weighted by Crippen LogP contribution is 2.53. The Morgan fingerprint density at radius 3 is 1.83 bits per heavy atom. The van der Waals surface area contributed by atoms with Crippen LogP contribution in [0.25, 0.3) is 0 Å². The van der Waals surface area contributed by atoms with Crippen LogP contribution in [0.5, 0.6) is 17.2 Å². The lowest BCUT2D eigenvalue weighted by Gasteiger charge is -2.29. The van der Waals surface area contributed by atoms with Crippen molar-refractivity contribution >= 4 is 35.1 Å². The lowest BCUT2D eigenvalue weighted by Crippen LogP contribution is -2.37. The van der Waals surface area contributed by atoms with Crippen molar-refractivity contribution in [2.75, 3.05) is 5.32 Å². The molecule has 0 aromatic heterocycles. The van der Waals surface area contributed by atoms with E-state index >= 15 is 0 Å². The lowest BCUT2D eigenvalue weighted by atomic mass is 9.70. The number of hydrogen-bond acceptors (Lipinski definition) is 6. The molecule has 8 heteroatoms. The van der Waals surface area contributed by atoms with Crippen molar-refractivity contribution in [3.63, 3.8) is 0 Å². The van der Waals surface area contributed by atoms with E-state index < -0.39 is 17.4 Å². The van der Waals surface area contributed by atoms with Gasteiger partial charge in [-0.2, -0.15) is 0 Å². The minimum Gasteiger partial charge on any atom is -0.487 e. The van der Waals surface area contributed by atoms with E-state index in [1.54, 1.807) is 54.6 Å². The molecule has 0 bridgehead atoms. The fourth-order valence-corrected chi connectivity index (χ4v) is 4.61. The fraction of sp³-hybridized carbons (Fsp3) is 0.222. The molecule has 3 aromatic rings. The minimum absolute atomic E-state index is 0.0805. The first-order valence-electron chi connectivity index (χ1n) is 11.2. The van der Waals surface area contributed by atoms with E-state index in [1.807, 2.05) is 6.07 Å². The number of benzene rings is 3. The van der Waals surface area contributed by atoms with Gasteiger partial charge in [0, 0.05) is 19.4 Å². The Labute approximate surface area is 206 Å². The van der Waals surface area contributed by atoms with E-state index in [1.165, 1.54) is 13.8 Å². The molecule has 1 N–H and O–H groups in total. The molecule has 7 nitrogen and oxygen atoms in total. The van der Waals surface area contributed by atoms with Gasteiger partial charge in [0.15, 0.2) is 5.75 Å². The van der Waals surface area contributed by atoms with E-state index in [9.17, 15) is 14.4 Å². The maximum absolute atomic E-state index is 13.9. The topological polar surface area (TPSA) is 90.9 Å². The Morgan fingerprint density at radius 2 is 1.37 bits per heavy atom. The molecule has 1 aliphatic carbocycles. The predicted octanol–water partition coefficient (Wildman–Crippen LogP) is 5.02. The molecular weight excluding hydrogens is 470 g/mol. The van der Waals surface area contributed by atoms with Crippen molar-refractivity contribution < 1.29 is 28.6 Å². The molecule has 0 spiro atoms. The number of carbonyl (C=O) groups excluding carboxylic acids is 3. The van der Waals surface area contributed by atoms with Gasteiger partial charge in [0.1, 0.15) is 16.9 Å². The number of esters is 2. The molecule has 2 aliphatic rings. The number of ether oxygens (including phenoxy) is 3. The first kappa shape index (κ1) is 22.9. The third kappa shape index (κ3) is 4.12. The summed E-state index contributed by atoms with van der Waals surface area (Å²) in [5.41, 5.74) is 1.28. The van der Waals surface area contributed by atoms with Crippen molar-refractivity contribution in [1.82, 2.24) is 0 Å². The fourth-order valence-electron chi connectivity index (χ4n) is 4.41. The van der Waals surface area contributed by atoms with E-state index in [0.29, 0.717) is 44.6 Å². The second-order valence-corrected chi connectivity index (χ2v) is 8.96. The third-order valence-corrected chi connectivity index (χ3v) is 6.30. The molecular formula is C27H22ClNO6. The standard InChI is InChI=1S/C27H22ClNO6/c1-15(30)33-19-7-3-17(4-8-19)27(18-5-9-20(10-6-18)34-16(2)31)22-13-14-23(28)25(35-21-11-12-21)24(22)29-26(27)32/h3-10,13-14,21H,11-12H2,1-2H3,(H,29,32). The van der Waals surface area contributed by atoms with Crippen LogP contribution >= 0.6 is 11.6 Å². The zero-order chi connectivity index (χ0) is 24.7. The van der Waals surface area contributed by atoms with Gasteiger partial charge in [-0.15, -0.1) is 0 Å². The number of amides is 1. The van der Waals surface area contributed by atoms with Crippen LogP contribution in [0.1, 0.15) is 43.4 Å². The highest BCUT2D eigenvalue weighted by atomic mass is 35.5. The second-order valence-electron chi connectivity index (χ2n) is 8.56. The Balaban J connectivity index is 1.69. The largest absolute Gasteiger partial charge is 0.487 e. The van der Waals surface area contributed by atoms with Crippen molar-refractivity contribution in [2.24, 2.45) is 0 Å². The monoisotopic (exact) mass is 491 g/mol. The quantitative estimate of drug-likeness (QED) is 0.384. The number of halogens is 1. The number of nitrogens with one attached hydrogen (secondary N) is 1. The average Bonchev–Trinajstić information content (AvgIpc) is 3.58. The third-order valence-electron chi connectivity index (χ3n) is 6.00. The molecule has 0 unspecified atom stereocenters. The zero-order valence-electron chi connectivity index (χ0n) is 19.1. The Hall–Kier alpha value is -3.84. The maximum atomic E-state index is 13.9. The average molecular weight is 492 g/mol. The van der Waals surface area contributed by atoms with Gasteiger partial charge >= 0.3 is 11.9 Å². The molecule has 178 valence electrons. The Kier molecular flexibility index (Phi) is 5.73. The summed E-state index contributed by atoms with van der Waals surface area (Å²) in [6.07, 6.45) is 1.96. The summed E-state index contributed by atoms with van der Waals surface area (Å²) < 4.78 is 16.4. The predicted molar refractivity (Wildman–Crippen MR) is 129 cm³/mol. The maximum Gasteiger partial charge on any atom is 0.308 e. The zero-order valence-corrected chi connectivity index (χ0v) is 19.8. The molecule has 1 saturated carbocycles. The summed E-state index contributed by atoms with van der Waals surface area (Å²) in [5, 5.41) is 3.42. The summed E-state index contributed by atoms with van der Waals surface area (Å²) >= 11 is 6.48. The van der Waals surface area contributed by atoms with Gasteiger partial charge in [0.2, 0.25) is 5.91 Å². The number of rotatable bonds is 6. The lowest BCUT2D eigenvalue weighted by molar-refractivity contribution is -0.132. The van der Waals surface area contributed by atoms with E-state index in [-0.39, 0.29) is 12.0 Å². The van der Waals surface area contributed by atoms with Crippen LogP contribution in [-0.2, 0) is 19.8 Å². The van der Waals surface area contributed by atoms with Crippen LogP contribution in [0.2, 0.25) is 5.02 Å². The van der Waals surface area contributed by atoms with Crippen molar-refractivity contribution in [2.45, 2.75) is 38.2 Å². The molecule has 5 rings (SSSR count). The first-order chi connectivity index (χ1) is 16.8. The summed E-state index contributed by atoms with van der Waals surface area (Å²) in [7, 11) is 0. The Morgan fingerprint density at radius 1 is 0.857 bits per heavy atom. The normalized spacial score (nSPS) is 15.7. The van der Waals surface area contributed by atoms with Crippen LogP contribution in [0.3, 0.4) is 0 Å². The van der Waals surface area contributed by atoms with Crippen LogP contribution in [0.4, 0.5) is 5.69 Å². The van der Waals surface area contributed by atoms with E-state index in [4.69, 9.17) is 25.8 Å². The number of hydrogen-bond donors (Lipinski definition) is 1. The molecule has 0 saturated heterocycles. The minimum atomic E-state index is -1.24. The smallest absolute Gasteiger partial charge is 0.308 e. The molecule has 1 amide bonds. The van der Waals surface area contributed by atoms with Crippen molar-refractivity contribution in [3.05, 3.63) is 82.4 Å². The summed E-state index contributed by atoms with van der Waals surface area (Å²) in [4.78, 5) is 36.6. The molecule has 0 radical (unpaired) electrons. The number of anilines is 1. The Bertz CT molecular complexity index is 1270. The van der Waals surface area contributed by atoms with Gasteiger partial charge < -0.3 is 19.5 Å². The van der Waals surface area contributed by atoms with Gasteiger partial charge in [-0.3, -0.25) is 14.4 Å². The van der Waals surface area contributed by atoms with Gasteiger partial charge in [-0.1, -0.05) is 41.9 Å². The molecule has 0 atom stereocenters. The van der Waals surface area contributed by atoms with E-state index in [0.717, 1.165) is 12.8 Å². The first-order valence-corrected chi connectivity index (χ1v) is 11.6. The van der Waals surface area contributed by atoms with E-state index in [2.05, 4.69) is 5.32 Å². The van der Waals surface area contributed by atoms with Crippen LogP contribution < -0.4 is 19.5 Å². The molecule has 1 fully saturated rings. The number of carbonyl (C=O) groups is 3. The van der Waals surface area contributed by atoms with Crippen molar-refractivity contribution in [3.8, 4) is 17.2 Å².